The van der Waals surface area contributed by atoms with Gasteiger partial charge in [0.15, 0.2) is 19.4 Å². The van der Waals surface area contributed by atoms with Crippen LogP contribution in [0.3, 0.4) is 0 Å². The third-order valence-corrected chi connectivity index (χ3v) is 7.43. The molecule has 2 aromatic carbocycles. The van der Waals surface area contributed by atoms with Gasteiger partial charge in [0.05, 0.1) is 12.7 Å². The molecule has 2 rings (SSSR count). The molecule has 0 aromatic heterocycles. The zero-order chi connectivity index (χ0) is 25.7. The summed E-state index contributed by atoms with van der Waals surface area (Å²) >= 11 is -1.03. The van der Waals surface area contributed by atoms with Crippen molar-refractivity contribution in [3.63, 3.8) is 0 Å². The van der Waals surface area contributed by atoms with Crippen LogP contribution in [0.2, 0.25) is 0 Å². The SMILES string of the molecule is COC(=O)c1ccc([I+]c2ccccc2OS(=O)(=O)C(F)(F)F)cc1.O=S(=O)([O-])C(F)(F)F. The molecule has 33 heavy (non-hydrogen) atoms. The van der Waals surface area contributed by atoms with Crippen LogP contribution in [0.15, 0.2) is 48.5 Å². The van der Waals surface area contributed by atoms with E-state index in [9.17, 15) is 39.6 Å². The number of para-hydroxylation sites is 1. The van der Waals surface area contributed by atoms with Gasteiger partial charge in [-0.05, 0) is 36.4 Å². The van der Waals surface area contributed by atoms with Crippen LogP contribution in [0.25, 0.3) is 0 Å². The third-order valence-electron chi connectivity index (χ3n) is 3.08. The fraction of sp³-hybridized carbons (Fsp3) is 0.188. The smallest absolute Gasteiger partial charge is 0.534 e. The second kappa shape index (κ2) is 10.9. The van der Waals surface area contributed by atoms with Crippen molar-refractivity contribution in [2.45, 2.75) is 11.0 Å². The van der Waals surface area contributed by atoms with Gasteiger partial charge in [-0.2, -0.15) is 34.8 Å². The van der Waals surface area contributed by atoms with Gasteiger partial charge in [-0.3, -0.25) is 0 Å². The van der Waals surface area contributed by atoms with Crippen LogP contribution in [0, 0.1) is 7.14 Å². The molecule has 0 fully saturated rings. The van der Waals surface area contributed by atoms with E-state index >= 15 is 0 Å². The molecule has 0 spiro atoms. The number of alkyl halides is 6. The zero-order valence-corrected chi connectivity index (χ0v) is 19.6. The Balaban J connectivity index is 0.000000582. The van der Waals surface area contributed by atoms with Crippen molar-refractivity contribution in [3.8, 4) is 5.75 Å². The van der Waals surface area contributed by atoms with Gasteiger partial charge in [0.2, 0.25) is 3.57 Å². The first-order chi connectivity index (χ1) is 14.9. The number of ether oxygens (including phenoxy) is 1. The van der Waals surface area contributed by atoms with Crippen molar-refractivity contribution in [3.05, 3.63) is 61.2 Å². The van der Waals surface area contributed by atoms with E-state index in [2.05, 4.69) is 8.92 Å². The average Bonchev–Trinajstić information content (AvgIpc) is 2.67. The quantitative estimate of drug-likeness (QED) is 0.111. The number of esters is 1. The van der Waals surface area contributed by atoms with Gasteiger partial charge < -0.3 is 13.5 Å². The fourth-order valence-electron chi connectivity index (χ4n) is 1.64. The highest BCUT2D eigenvalue weighted by molar-refractivity contribution is 7.88. The predicted octanol–water partition coefficient (Wildman–Crippen LogP) is -0.119. The summed E-state index contributed by atoms with van der Waals surface area (Å²) in [5.74, 6) is -0.866. The molecule has 0 saturated carbocycles. The molecule has 2 aromatic rings. The van der Waals surface area contributed by atoms with Crippen molar-refractivity contribution >= 4 is 26.2 Å². The van der Waals surface area contributed by atoms with Gasteiger partial charge >= 0.3 is 48.3 Å². The van der Waals surface area contributed by atoms with E-state index in [1.807, 2.05) is 0 Å². The summed E-state index contributed by atoms with van der Waals surface area (Å²) in [6.45, 7) is 0. The molecule has 0 saturated heterocycles. The highest BCUT2D eigenvalue weighted by atomic mass is 127. The van der Waals surface area contributed by atoms with Crippen molar-refractivity contribution < 1.29 is 82.7 Å². The van der Waals surface area contributed by atoms with E-state index in [1.165, 1.54) is 37.4 Å². The molecular weight excluding hydrogens is 625 g/mol. The van der Waals surface area contributed by atoms with Gasteiger partial charge in [-0.15, -0.1) is 0 Å². The van der Waals surface area contributed by atoms with E-state index in [0.29, 0.717) is 9.13 Å². The van der Waals surface area contributed by atoms with Gasteiger partial charge in [-0.1, -0.05) is 12.1 Å². The number of methoxy groups -OCH3 is 1. The lowest BCUT2D eigenvalue weighted by molar-refractivity contribution is -0.598. The first kappa shape index (κ1) is 28.9. The molecule has 0 amide bonds. The Hall–Kier alpha value is -2.12. The Morgan fingerprint density at radius 1 is 0.879 bits per heavy atom. The summed E-state index contributed by atoms with van der Waals surface area (Å²) in [4.78, 5) is 11.4. The van der Waals surface area contributed by atoms with E-state index < -0.39 is 58.4 Å². The first-order valence-electron chi connectivity index (χ1n) is 7.84. The summed E-state index contributed by atoms with van der Waals surface area (Å²) in [7, 11) is -10.6. The van der Waals surface area contributed by atoms with Crippen LogP contribution in [0.5, 0.6) is 5.75 Å². The standard InChI is InChI=1S/C15H11F3IO5S.CHF3O3S/c1-23-14(20)10-6-8-11(9-7-10)19-12-4-2-3-5-13(12)24-25(21,22)15(16,17)18;2-1(3,4)8(5,6)7/h2-9H,1H3;(H,5,6,7)/q+1;/p-1. The second-order valence-corrected chi connectivity index (χ2v) is 11.3. The molecule has 0 aliphatic heterocycles. The van der Waals surface area contributed by atoms with Crippen LogP contribution in [-0.2, 0) is 25.0 Å². The van der Waals surface area contributed by atoms with Crippen LogP contribution >= 0.6 is 0 Å². The molecule has 0 unspecified atom stereocenters. The molecule has 0 heterocycles. The number of rotatable bonds is 5. The lowest BCUT2D eigenvalue weighted by atomic mass is 10.2. The predicted molar refractivity (Wildman–Crippen MR) is 93.0 cm³/mol. The highest BCUT2D eigenvalue weighted by Crippen LogP contribution is 2.26. The average molecular weight is 636 g/mol. The van der Waals surface area contributed by atoms with Gasteiger partial charge in [0.1, 0.15) is 0 Å². The Labute approximate surface area is 193 Å². The van der Waals surface area contributed by atoms with Crippen molar-refractivity contribution in [2.24, 2.45) is 0 Å². The molecule has 0 aliphatic rings. The van der Waals surface area contributed by atoms with Gasteiger partial charge in [0, 0.05) is 0 Å². The fourth-order valence-corrected chi connectivity index (χ4v) is 4.60. The first-order valence-corrected chi connectivity index (χ1v) is 12.8. The third kappa shape index (κ3) is 8.63. The monoisotopic (exact) mass is 636 g/mol. The molecule has 184 valence electrons. The summed E-state index contributed by atoms with van der Waals surface area (Å²) in [5, 5.41) is 0. The molecular formula is C16H11F6IO8S2. The van der Waals surface area contributed by atoms with Gasteiger partial charge in [0.25, 0.3) is 0 Å². The molecule has 17 heteroatoms. The molecule has 0 radical (unpaired) electrons. The number of carbonyl (C=O) groups excluding carboxylic acids is 1. The number of benzene rings is 2. The van der Waals surface area contributed by atoms with E-state index in [4.69, 9.17) is 13.0 Å². The van der Waals surface area contributed by atoms with E-state index in [1.54, 1.807) is 18.2 Å². The summed E-state index contributed by atoms with van der Waals surface area (Å²) in [6.07, 6.45) is 0. The minimum atomic E-state index is -6.09. The lowest BCUT2D eigenvalue weighted by Crippen LogP contribution is -3.61. The summed E-state index contributed by atoms with van der Waals surface area (Å²) in [6, 6.07) is 11.9. The maximum atomic E-state index is 12.5. The minimum absolute atomic E-state index is 0.333. The van der Waals surface area contributed by atoms with E-state index in [0.717, 1.165) is 3.57 Å². The van der Waals surface area contributed by atoms with Crippen LogP contribution in [0.1, 0.15) is 10.4 Å². The van der Waals surface area contributed by atoms with Crippen molar-refractivity contribution in [1.82, 2.24) is 0 Å². The Bertz CT molecular complexity index is 1180. The van der Waals surface area contributed by atoms with Gasteiger partial charge in [-0.25, -0.2) is 13.2 Å². The molecule has 0 bridgehead atoms. The summed E-state index contributed by atoms with van der Waals surface area (Å²) in [5.41, 5.74) is -10.8. The number of carbonyl (C=O) groups is 1. The Morgan fingerprint density at radius 2 is 1.36 bits per heavy atom. The second-order valence-electron chi connectivity index (χ2n) is 5.41. The lowest BCUT2D eigenvalue weighted by Gasteiger charge is -2.08. The van der Waals surface area contributed by atoms with Crippen molar-refractivity contribution in [2.75, 3.05) is 7.11 Å². The molecule has 8 nitrogen and oxygen atoms in total. The van der Waals surface area contributed by atoms with Crippen LogP contribution in [0.4, 0.5) is 26.3 Å². The molecule has 0 atom stereocenters. The highest BCUT2D eigenvalue weighted by Gasteiger charge is 2.49. The van der Waals surface area contributed by atoms with E-state index in [-0.39, 0.29) is 5.75 Å². The number of halogens is 7. The Kier molecular flexibility index (Phi) is 9.52. The Morgan fingerprint density at radius 3 is 1.79 bits per heavy atom. The zero-order valence-electron chi connectivity index (χ0n) is 15.8. The maximum Gasteiger partial charge on any atom is 0.534 e. The minimum Gasteiger partial charge on any atom is -0.741 e. The van der Waals surface area contributed by atoms with Crippen LogP contribution in [-0.4, -0.2) is 45.5 Å². The van der Waals surface area contributed by atoms with Crippen molar-refractivity contribution in [1.29, 1.82) is 0 Å². The summed E-state index contributed by atoms with van der Waals surface area (Å²) < 4.78 is 129. The molecule has 0 N–H and O–H groups in total. The topological polar surface area (TPSA) is 127 Å². The normalized spacial score (nSPS) is 12.4. The maximum absolute atomic E-state index is 12.5. The number of hydrogen-bond donors (Lipinski definition) is 0. The number of hydrogen-bond acceptors (Lipinski definition) is 8. The molecule has 0 aliphatic carbocycles. The van der Waals surface area contributed by atoms with Crippen LogP contribution < -0.4 is 25.4 Å². The largest absolute Gasteiger partial charge is 0.741 e.